The van der Waals surface area contributed by atoms with Crippen LogP contribution < -0.4 is 0 Å². The summed E-state index contributed by atoms with van der Waals surface area (Å²) in [6, 6.07) is 0. The molecule has 0 amide bonds. The standard InChI is InChI=1S/2C4H10N.2C2H5O.Hf/c2*1-3-5-4-2;2*1-2-3;/h2*3-4H2,1-2H3;2*2H2,1H3;/q4*-1;+4. The second-order valence-corrected chi connectivity index (χ2v) is 14.3. The zero-order valence-corrected chi connectivity index (χ0v) is 16.0. The van der Waals surface area contributed by atoms with Crippen LogP contribution >= 0.6 is 0 Å². The van der Waals surface area contributed by atoms with Gasteiger partial charge in [-0.05, 0) is 0 Å². The van der Waals surface area contributed by atoms with Gasteiger partial charge in [0.1, 0.15) is 0 Å². The van der Waals surface area contributed by atoms with Gasteiger partial charge in [0.05, 0.1) is 0 Å². The second kappa shape index (κ2) is 9.62. The summed E-state index contributed by atoms with van der Waals surface area (Å²) in [7, 11) is 0. The molecule has 0 radical (unpaired) electrons. The molecule has 0 aromatic heterocycles. The average molecular weight is 413 g/mol. The Kier molecular flexibility index (Phi) is 10.0. The fraction of sp³-hybridized carbons (Fsp3) is 1.00. The van der Waals surface area contributed by atoms with Gasteiger partial charge in [0, 0.05) is 0 Å². The molecular formula is C12H30HfN2O2. The summed E-state index contributed by atoms with van der Waals surface area (Å²) in [5.74, 6) is 0. The second-order valence-electron chi connectivity index (χ2n) is 3.76. The van der Waals surface area contributed by atoms with E-state index in [-0.39, 0.29) is 0 Å². The van der Waals surface area contributed by atoms with E-state index in [4.69, 9.17) is 5.71 Å². The van der Waals surface area contributed by atoms with Crippen LogP contribution in [-0.2, 0) is 27.1 Å². The molecule has 0 unspecified atom stereocenters. The number of hydrogen-bond donors (Lipinski definition) is 0. The summed E-state index contributed by atoms with van der Waals surface area (Å²) < 4.78 is 17.3. The molecule has 17 heavy (non-hydrogen) atoms. The van der Waals surface area contributed by atoms with Crippen molar-refractivity contribution in [2.75, 3.05) is 39.4 Å². The summed E-state index contributed by atoms with van der Waals surface area (Å²) in [5, 5.41) is 0. The fourth-order valence-electron chi connectivity index (χ4n) is 2.23. The Morgan fingerprint density at radius 1 is 0.647 bits per heavy atom. The van der Waals surface area contributed by atoms with Gasteiger partial charge in [-0.15, -0.1) is 0 Å². The van der Waals surface area contributed by atoms with Gasteiger partial charge in [-0.2, -0.15) is 0 Å². The van der Waals surface area contributed by atoms with Crippen LogP contribution in [0.3, 0.4) is 0 Å². The fourth-order valence-corrected chi connectivity index (χ4v) is 15.0. The van der Waals surface area contributed by atoms with Crippen molar-refractivity contribution in [3.05, 3.63) is 0 Å². The topological polar surface area (TPSA) is 24.9 Å². The third-order valence-corrected chi connectivity index (χ3v) is 18.1. The first-order valence-corrected chi connectivity index (χ1v) is 13.1. The van der Waals surface area contributed by atoms with E-state index in [1.54, 1.807) is 0 Å². The van der Waals surface area contributed by atoms with Gasteiger partial charge in [-0.1, -0.05) is 0 Å². The van der Waals surface area contributed by atoms with Crippen molar-refractivity contribution in [3.63, 3.8) is 0 Å². The van der Waals surface area contributed by atoms with E-state index < -0.39 is 21.4 Å². The van der Waals surface area contributed by atoms with Gasteiger partial charge in [0.2, 0.25) is 0 Å². The molecule has 0 spiro atoms. The maximum atomic E-state index is 6.21. The van der Waals surface area contributed by atoms with Crippen LogP contribution in [0.1, 0.15) is 41.5 Å². The van der Waals surface area contributed by atoms with Gasteiger partial charge >= 0.3 is 114 Å². The Hall–Kier alpha value is 0.710. The Balaban J connectivity index is 5.20. The van der Waals surface area contributed by atoms with Gasteiger partial charge in [-0.3, -0.25) is 0 Å². The molecule has 0 aliphatic heterocycles. The number of hydrogen-bond acceptors (Lipinski definition) is 4. The molecule has 0 saturated carbocycles. The van der Waals surface area contributed by atoms with Crippen LogP contribution in [0.4, 0.5) is 0 Å². The monoisotopic (exact) mass is 414 g/mol. The molecule has 0 aliphatic carbocycles. The Morgan fingerprint density at radius 2 is 0.941 bits per heavy atom. The van der Waals surface area contributed by atoms with Crippen molar-refractivity contribution in [1.29, 1.82) is 0 Å². The summed E-state index contributed by atoms with van der Waals surface area (Å²) in [6.07, 6.45) is 0. The first-order chi connectivity index (χ1) is 8.16. The Morgan fingerprint density at radius 3 is 1.12 bits per heavy atom. The molecule has 5 heteroatoms. The van der Waals surface area contributed by atoms with Gasteiger partial charge in [0.25, 0.3) is 0 Å². The van der Waals surface area contributed by atoms with E-state index in [1.807, 2.05) is 0 Å². The van der Waals surface area contributed by atoms with Crippen molar-refractivity contribution in [3.8, 4) is 0 Å². The molecular weight excluding hydrogens is 383 g/mol. The van der Waals surface area contributed by atoms with Crippen LogP contribution in [0.2, 0.25) is 0 Å². The molecule has 0 atom stereocenters. The van der Waals surface area contributed by atoms with Gasteiger partial charge in [0.15, 0.2) is 0 Å². The molecule has 0 rings (SSSR count). The normalized spacial score (nSPS) is 12.7. The molecule has 0 aromatic carbocycles. The number of nitrogens with zero attached hydrogens (tertiary/aromatic N) is 2. The molecule has 0 fully saturated rings. The molecule has 104 valence electrons. The van der Waals surface area contributed by atoms with E-state index in [1.165, 1.54) is 0 Å². The van der Waals surface area contributed by atoms with Crippen molar-refractivity contribution < 1.29 is 27.1 Å². The van der Waals surface area contributed by atoms with E-state index in [0.29, 0.717) is 0 Å². The zero-order valence-electron chi connectivity index (χ0n) is 12.5. The molecule has 4 nitrogen and oxygen atoms in total. The maximum absolute atomic E-state index is 6.21. The quantitative estimate of drug-likeness (QED) is 0.515. The third kappa shape index (κ3) is 4.39. The molecule has 0 N–H and O–H groups in total. The molecule has 0 heterocycles. The van der Waals surface area contributed by atoms with E-state index >= 15 is 0 Å². The van der Waals surface area contributed by atoms with E-state index in [0.717, 1.165) is 39.4 Å². The summed E-state index contributed by atoms with van der Waals surface area (Å²) >= 11 is -3.40. The van der Waals surface area contributed by atoms with Gasteiger partial charge in [-0.25, -0.2) is 0 Å². The van der Waals surface area contributed by atoms with E-state index in [2.05, 4.69) is 47.3 Å². The average Bonchev–Trinajstić information content (AvgIpc) is 2.32. The summed E-state index contributed by atoms with van der Waals surface area (Å²) in [4.78, 5) is 0. The molecule has 0 aliphatic rings. The minimum atomic E-state index is -3.40. The molecule has 0 bridgehead atoms. The van der Waals surface area contributed by atoms with Crippen LogP contribution in [0.25, 0.3) is 0 Å². The first-order valence-electron chi connectivity index (χ1n) is 6.94. The first kappa shape index (κ1) is 17.7. The van der Waals surface area contributed by atoms with E-state index in [9.17, 15) is 0 Å². The zero-order chi connectivity index (χ0) is 13.3. The summed E-state index contributed by atoms with van der Waals surface area (Å²) in [5.41, 5.74) is 0. The van der Waals surface area contributed by atoms with Crippen molar-refractivity contribution in [2.24, 2.45) is 0 Å². The van der Waals surface area contributed by atoms with Crippen LogP contribution in [0.15, 0.2) is 0 Å². The summed E-state index contributed by atoms with van der Waals surface area (Å²) in [6.45, 7) is 18.4. The van der Waals surface area contributed by atoms with Crippen LogP contribution in [0.5, 0.6) is 0 Å². The van der Waals surface area contributed by atoms with Gasteiger partial charge < -0.3 is 0 Å². The third-order valence-electron chi connectivity index (χ3n) is 2.99. The van der Waals surface area contributed by atoms with Crippen LogP contribution in [-0.4, -0.2) is 45.2 Å². The van der Waals surface area contributed by atoms with Crippen molar-refractivity contribution in [1.82, 2.24) is 5.78 Å². The SMILES string of the molecule is CC[O][Hf]([O]CC)([N](CC)CC)[N](CC)CC. The van der Waals surface area contributed by atoms with Crippen molar-refractivity contribution in [2.45, 2.75) is 41.5 Å². The predicted octanol–water partition coefficient (Wildman–Crippen LogP) is 2.56. The minimum absolute atomic E-state index is 0.745. The number of rotatable bonds is 10. The Labute approximate surface area is 114 Å². The van der Waals surface area contributed by atoms with Crippen molar-refractivity contribution >= 4 is 0 Å². The molecule has 0 aromatic rings. The predicted molar refractivity (Wildman–Crippen MR) is 69.1 cm³/mol. The van der Waals surface area contributed by atoms with Crippen LogP contribution in [0, 0.1) is 0 Å². The molecule has 0 saturated heterocycles. The Bertz CT molecular complexity index is 165.